The highest BCUT2D eigenvalue weighted by Crippen LogP contribution is 2.27. The molecule has 0 aromatic heterocycles. The predicted octanol–water partition coefficient (Wildman–Crippen LogP) is 1.16. The lowest BCUT2D eigenvalue weighted by Crippen LogP contribution is -2.35. The monoisotopic (exact) mass is 215 g/mol. The standard InChI is InChI=1S/C10H17NO4/c1-7(12)5-10(11(14)15)8-3-2-4-9(13)6-8/h7-8,10,12H,2-6H2,1H3. The third kappa shape index (κ3) is 3.58. The fraction of sp³-hybridized carbons (Fsp3) is 0.900. The lowest BCUT2D eigenvalue weighted by molar-refractivity contribution is -0.535. The maximum Gasteiger partial charge on any atom is 0.218 e. The molecule has 0 spiro atoms. The molecule has 0 bridgehead atoms. The molecule has 3 unspecified atom stereocenters. The highest BCUT2D eigenvalue weighted by Gasteiger charge is 2.35. The number of hydrogen-bond acceptors (Lipinski definition) is 4. The Morgan fingerprint density at radius 1 is 1.67 bits per heavy atom. The zero-order valence-corrected chi connectivity index (χ0v) is 8.89. The molecule has 3 atom stereocenters. The number of aliphatic hydroxyl groups is 1. The first-order valence-electron chi connectivity index (χ1n) is 5.34. The topological polar surface area (TPSA) is 80.4 Å². The molecular formula is C10H17NO4. The van der Waals surface area contributed by atoms with Crippen LogP contribution in [0.3, 0.4) is 0 Å². The van der Waals surface area contributed by atoms with Gasteiger partial charge in [-0.2, -0.15) is 0 Å². The second kappa shape index (κ2) is 5.21. The van der Waals surface area contributed by atoms with Crippen LogP contribution in [-0.2, 0) is 4.79 Å². The van der Waals surface area contributed by atoms with Gasteiger partial charge in [0.05, 0.1) is 6.10 Å². The summed E-state index contributed by atoms with van der Waals surface area (Å²) in [4.78, 5) is 21.7. The second-order valence-corrected chi connectivity index (χ2v) is 4.33. The zero-order chi connectivity index (χ0) is 11.4. The van der Waals surface area contributed by atoms with Crippen molar-refractivity contribution in [2.45, 2.75) is 51.2 Å². The minimum Gasteiger partial charge on any atom is -0.393 e. The molecule has 0 aliphatic heterocycles. The molecule has 1 aliphatic carbocycles. The van der Waals surface area contributed by atoms with Gasteiger partial charge in [-0.05, 0) is 19.8 Å². The largest absolute Gasteiger partial charge is 0.393 e. The lowest BCUT2D eigenvalue weighted by Gasteiger charge is -2.24. The van der Waals surface area contributed by atoms with Crippen LogP contribution in [0, 0.1) is 16.0 Å². The summed E-state index contributed by atoms with van der Waals surface area (Å²) in [6, 6.07) is -0.769. The summed E-state index contributed by atoms with van der Waals surface area (Å²) in [5.41, 5.74) is 0. The highest BCUT2D eigenvalue weighted by molar-refractivity contribution is 5.79. The maximum absolute atomic E-state index is 11.2. The number of carbonyl (C=O) groups excluding carboxylic acids is 1. The van der Waals surface area contributed by atoms with Crippen LogP contribution >= 0.6 is 0 Å². The Kier molecular flexibility index (Phi) is 4.20. The predicted molar refractivity (Wildman–Crippen MR) is 54.0 cm³/mol. The molecule has 0 saturated heterocycles. The van der Waals surface area contributed by atoms with E-state index < -0.39 is 12.1 Å². The van der Waals surface area contributed by atoms with Crippen molar-refractivity contribution >= 4 is 5.78 Å². The average Bonchev–Trinajstić information content (AvgIpc) is 2.13. The van der Waals surface area contributed by atoms with Crippen molar-refractivity contribution in [1.82, 2.24) is 0 Å². The molecule has 0 heterocycles. The average molecular weight is 215 g/mol. The summed E-state index contributed by atoms with van der Waals surface area (Å²) in [5, 5.41) is 20.0. The normalized spacial score (nSPS) is 26.0. The van der Waals surface area contributed by atoms with Crippen LogP contribution in [0.5, 0.6) is 0 Å². The fourth-order valence-corrected chi connectivity index (χ4v) is 2.19. The van der Waals surface area contributed by atoms with E-state index in [0.717, 1.165) is 12.8 Å². The molecule has 1 aliphatic rings. The Morgan fingerprint density at radius 2 is 2.33 bits per heavy atom. The molecule has 1 N–H and O–H groups in total. The summed E-state index contributed by atoms with van der Waals surface area (Å²) in [7, 11) is 0. The van der Waals surface area contributed by atoms with E-state index in [2.05, 4.69) is 0 Å². The van der Waals surface area contributed by atoms with Gasteiger partial charge < -0.3 is 5.11 Å². The van der Waals surface area contributed by atoms with E-state index in [0.29, 0.717) is 12.8 Å². The molecule has 0 amide bonds. The first-order chi connectivity index (χ1) is 7.00. The number of nitro groups is 1. The summed E-state index contributed by atoms with van der Waals surface area (Å²) in [6.45, 7) is 1.54. The van der Waals surface area contributed by atoms with Crippen LogP contribution in [0.2, 0.25) is 0 Å². The van der Waals surface area contributed by atoms with Crippen molar-refractivity contribution in [2.24, 2.45) is 5.92 Å². The van der Waals surface area contributed by atoms with Crippen molar-refractivity contribution in [3.8, 4) is 0 Å². The van der Waals surface area contributed by atoms with Gasteiger partial charge in [0, 0.05) is 30.1 Å². The van der Waals surface area contributed by atoms with Crippen LogP contribution in [-0.4, -0.2) is 28.0 Å². The molecule has 0 aromatic rings. The van der Waals surface area contributed by atoms with Gasteiger partial charge in [0.25, 0.3) is 0 Å². The molecule has 15 heavy (non-hydrogen) atoms. The van der Waals surface area contributed by atoms with Gasteiger partial charge in [-0.15, -0.1) is 0 Å². The van der Waals surface area contributed by atoms with E-state index in [1.54, 1.807) is 6.92 Å². The van der Waals surface area contributed by atoms with E-state index in [-0.39, 0.29) is 23.0 Å². The van der Waals surface area contributed by atoms with Gasteiger partial charge >= 0.3 is 0 Å². The van der Waals surface area contributed by atoms with E-state index in [9.17, 15) is 20.0 Å². The molecule has 1 rings (SSSR count). The van der Waals surface area contributed by atoms with Crippen molar-refractivity contribution in [2.75, 3.05) is 0 Å². The maximum atomic E-state index is 11.2. The fourth-order valence-electron chi connectivity index (χ4n) is 2.19. The summed E-state index contributed by atoms with van der Waals surface area (Å²) < 4.78 is 0. The van der Waals surface area contributed by atoms with E-state index >= 15 is 0 Å². The van der Waals surface area contributed by atoms with Gasteiger partial charge in [-0.3, -0.25) is 14.9 Å². The smallest absolute Gasteiger partial charge is 0.218 e. The SMILES string of the molecule is CC(O)CC(C1CCCC(=O)C1)[N+](=O)[O-]. The van der Waals surface area contributed by atoms with Gasteiger partial charge in [0.15, 0.2) is 0 Å². The Hall–Kier alpha value is -0.970. The third-order valence-electron chi connectivity index (χ3n) is 2.92. The van der Waals surface area contributed by atoms with Crippen LogP contribution in [0.4, 0.5) is 0 Å². The van der Waals surface area contributed by atoms with Crippen LogP contribution in [0.15, 0.2) is 0 Å². The molecule has 0 aromatic carbocycles. The van der Waals surface area contributed by atoms with E-state index in [1.807, 2.05) is 0 Å². The van der Waals surface area contributed by atoms with Crippen LogP contribution in [0.25, 0.3) is 0 Å². The lowest BCUT2D eigenvalue weighted by atomic mass is 9.81. The van der Waals surface area contributed by atoms with Gasteiger partial charge in [0.2, 0.25) is 6.04 Å². The van der Waals surface area contributed by atoms with E-state index in [4.69, 9.17) is 0 Å². The number of rotatable bonds is 4. The number of nitrogens with zero attached hydrogens (tertiary/aromatic N) is 1. The highest BCUT2D eigenvalue weighted by atomic mass is 16.6. The van der Waals surface area contributed by atoms with Crippen molar-refractivity contribution in [1.29, 1.82) is 0 Å². The summed E-state index contributed by atoms with van der Waals surface area (Å²) in [5.74, 6) is -0.0699. The van der Waals surface area contributed by atoms with Crippen molar-refractivity contribution in [3.05, 3.63) is 10.1 Å². The zero-order valence-electron chi connectivity index (χ0n) is 8.89. The first kappa shape index (κ1) is 12.1. The second-order valence-electron chi connectivity index (χ2n) is 4.33. The molecule has 1 fully saturated rings. The minimum absolute atomic E-state index is 0.115. The number of hydrogen-bond donors (Lipinski definition) is 1. The molecule has 5 nitrogen and oxygen atoms in total. The summed E-state index contributed by atoms with van der Waals surface area (Å²) in [6.07, 6.45) is 1.79. The van der Waals surface area contributed by atoms with Crippen molar-refractivity contribution in [3.63, 3.8) is 0 Å². The van der Waals surface area contributed by atoms with Gasteiger partial charge in [-0.25, -0.2) is 0 Å². The Morgan fingerprint density at radius 3 is 2.80 bits per heavy atom. The van der Waals surface area contributed by atoms with Gasteiger partial charge in [0.1, 0.15) is 5.78 Å². The molecule has 1 saturated carbocycles. The summed E-state index contributed by atoms with van der Waals surface area (Å²) >= 11 is 0. The van der Waals surface area contributed by atoms with E-state index in [1.165, 1.54) is 0 Å². The van der Waals surface area contributed by atoms with Crippen molar-refractivity contribution < 1.29 is 14.8 Å². The number of Topliss-reactive ketones (excluding diaryl/α,β-unsaturated/α-hetero) is 1. The Labute approximate surface area is 88.6 Å². The number of ketones is 1. The number of carbonyl (C=O) groups is 1. The Bertz CT molecular complexity index is 252. The minimum atomic E-state index is -0.769. The molecule has 5 heteroatoms. The quantitative estimate of drug-likeness (QED) is 0.563. The molecule has 0 radical (unpaired) electrons. The first-order valence-corrected chi connectivity index (χ1v) is 5.34. The molecular weight excluding hydrogens is 198 g/mol. The van der Waals surface area contributed by atoms with Crippen LogP contribution in [0.1, 0.15) is 39.0 Å². The Balaban J connectivity index is 2.62. The van der Waals surface area contributed by atoms with Gasteiger partial charge in [-0.1, -0.05) is 0 Å². The number of aliphatic hydroxyl groups excluding tert-OH is 1. The van der Waals surface area contributed by atoms with Crippen LogP contribution < -0.4 is 0 Å². The third-order valence-corrected chi connectivity index (χ3v) is 2.92. The molecule has 86 valence electrons.